The predicted octanol–water partition coefficient (Wildman–Crippen LogP) is 3.96. The van der Waals surface area contributed by atoms with Crippen LogP contribution in [0.3, 0.4) is 0 Å². The van der Waals surface area contributed by atoms with Crippen LogP contribution < -0.4 is 0 Å². The zero-order valence-electron chi connectivity index (χ0n) is 9.32. The first-order valence-electron chi connectivity index (χ1n) is 5.94. The zero-order valence-corrected chi connectivity index (χ0v) is 9.32. The molecule has 1 radical (unpaired) electrons. The van der Waals surface area contributed by atoms with Gasteiger partial charge in [-0.1, -0.05) is 61.0 Å². The van der Waals surface area contributed by atoms with Gasteiger partial charge in [0.15, 0.2) is 0 Å². The minimum Gasteiger partial charge on any atom is -0.0622 e. The molecule has 1 fully saturated rings. The van der Waals surface area contributed by atoms with Gasteiger partial charge in [0, 0.05) is 5.41 Å². The molecule has 0 heteroatoms. The normalized spacial score (nSPS) is 17.8. The lowest BCUT2D eigenvalue weighted by Gasteiger charge is -2.43. The van der Waals surface area contributed by atoms with E-state index >= 15 is 0 Å². The quantitative estimate of drug-likeness (QED) is 0.699. The summed E-state index contributed by atoms with van der Waals surface area (Å²) in [7, 11) is 0. The van der Waals surface area contributed by atoms with E-state index in [2.05, 4.69) is 48.5 Å². The van der Waals surface area contributed by atoms with Gasteiger partial charge in [-0.2, -0.15) is 0 Å². The molecule has 0 spiro atoms. The molecule has 0 unspecified atom stereocenters. The Bertz CT molecular complexity index is 410. The van der Waals surface area contributed by atoms with Crippen molar-refractivity contribution < 1.29 is 0 Å². The zero-order chi connectivity index (χ0) is 10.8. The molecule has 0 aliphatic heterocycles. The van der Waals surface area contributed by atoms with Crippen molar-refractivity contribution in [3.8, 4) is 0 Å². The summed E-state index contributed by atoms with van der Waals surface area (Å²) in [4.78, 5) is 0. The number of benzene rings is 2. The second kappa shape index (κ2) is 3.79. The lowest BCUT2D eigenvalue weighted by Crippen LogP contribution is -2.35. The predicted molar refractivity (Wildman–Crippen MR) is 66.4 cm³/mol. The van der Waals surface area contributed by atoms with Gasteiger partial charge in [-0.3, -0.25) is 0 Å². The highest BCUT2D eigenvalue weighted by molar-refractivity contribution is 5.41. The van der Waals surface area contributed by atoms with E-state index in [9.17, 15) is 0 Å². The van der Waals surface area contributed by atoms with E-state index in [-0.39, 0.29) is 5.41 Å². The molecule has 3 rings (SSSR count). The first-order chi connectivity index (χ1) is 7.92. The summed E-state index contributed by atoms with van der Waals surface area (Å²) in [5, 5.41) is 0. The van der Waals surface area contributed by atoms with E-state index in [1.54, 1.807) is 0 Å². The third-order valence-electron chi connectivity index (χ3n) is 3.80. The standard InChI is InChI=1S/C16H15/c1-3-8-14(9-4-1)16(12-7-13-16)15-10-5-2-6-11-15/h1,3-6,8-11H,7,12-13H2. The van der Waals surface area contributed by atoms with Crippen LogP contribution >= 0.6 is 0 Å². The molecule has 0 bridgehead atoms. The Morgan fingerprint density at radius 1 is 0.812 bits per heavy atom. The molecule has 1 saturated carbocycles. The monoisotopic (exact) mass is 207 g/mol. The molecule has 0 atom stereocenters. The maximum Gasteiger partial charge on any atom is 0.0202 e. The van der Waals surface area contributed by atoms with Gasteiger partial charge >= 0.3 is 0 Å². The molecule has 2 aromatic carbocycles. The molecule has 0 aromatic heterocycles. The Labute approximate surface area is 96.9 Å². The molecule has 2 aromatic rings. The van der Waals surface area contributed by atoms with Crippen LogP contribution in [0, 0.1) is 6.07 Å². The summed E-state index contributed by atoms with van der Waals surface area (Å²) >= 11 is 0. The lowest BCUT2D eigenvalue weighted by atomic mass is 9.61. The SMILES string of the molecule is [c]1ccc(C2(c3ccccc3)CCC2)cc1. The highest BCUT2D eigenvalue weighted by Gasteiger charge is 2.39. The second-order valence-electron chi connectivity index (χ2n) is 4.59. The summed E-state index contributed by atoms with van der Waals surface area (Å²) in [5.74, 6) is 0. The van der Waals surface area contributed by atoms with E-state index in [1.165, 1.54) is 30.4 Å². The Morgan fingerprint density at radius 3 is 2.00 bits per heavy atom. The van der Waals surface area contributed by atoms with Gasteiger partial charge in [0.2, 0.25) is 0 Å². The summed E-state index contributed by atoms with van der Waals surface area (Å²) in [6.07, 6.45) is 3.90. The molecule has 0 saturated heterocycles. The fourth-order valence-electron chi connectivity index (χ4n) is 2.74. The summed E-state index contributed by atoms with van der Waals surface area (Å²) < 4.78 is 0. The average molecular weight is 207 g/mol. The van der Waals surface area contributed by atoms with E-state index in [4.69, 9.17) is 0 Å². The smallest absolute Gasteiger partial charge is 0.0202 e. The molecular weight excluding hydrogens is 192 g/mol. The molecule has 79 valence electrons. The van der Waals surface area contributed by atoms with Crippen molar-refractivity contribution >= 4 is 0 Å². The van der Waals surface area contributed by atoms with Crippen LogP contribution in [-0.2, 0) is 5.41 Å². The van der Waals surface area contributed by atoms with Gasteiger partial charge in [-0.15, -0.1) is 0 Å². The van der Waals surface area contributed by atoms with Crippen LogP contribution in [0.5, 0.6) is 0 Å². The highest BCUT2D eigenvalue weighted by atomic mass is 14.4. The van der Waals surface area contributed by atoms with Gasteiger partial charge in [-0.25, -0.2) is 0 Å². The van der Waals surface area contributed by atoms with E-state index in [0.29, 0.717) is 0 Å². The first-order valence-corrected chi connectivity index (χ1v) is 5.94. The van der Waals surface area contributed by atoms with Crippen LogP contribution in [-0.4, -0.2) is 0 Å². The van der Waals surface area contributed by atoms with Crippen molar-refractivity contribution in [3.63, 3.8) is 0 Å². The van der Waals surface area contributed by atoms with Gasteiger partial charge in [0.1, 0.15) is 0 Å². The maximum absolute atomic E-state index is 3.10. The van der Waals surface area contributed by atoms with Gasteiger partial charge in [-0.05, 0) is 30.0 Å². The Kier molecular flexibility index (Phi) is 2.28. The Balaban J connectivity index is 2.08. The second-order valence-corrected chi connectivity index (χ2v) is 4.59. The molecule has 0 nitrogen and oxygen atoms in total. The van der Waals surface area contributed by atoms with Crippen LogP contribution in [0.2, 0.25) is 0 Å². The van der Waals surface area contributed by atoms with Gasteiger partial charge in [0.25, 0.3) is 0 Å². The Hall–Kier alpha value is -1.56. The van der Waals surface area contributed by atoms with Crippen LogP contribution in [0.1, 0.15) is 30.4 Å². The van der Waals surface area contributed by atoms with Crippen molar-refractivity contribution in [1.82, 2.24) is 0 Å². The summed E-state index contributed by atoms with van der Waals surface area (Å²) in [5.41, 5.74) is 3.20. The van der Waals surface area contributed by atoms with Crippen molar-refractivity contribution in [2.45, 2.75) is 24.7 Å². The van der Waals surface area contributed by atoms with E-state index in [1.807, 2.05) is 12.1 Å². The fraction of sp³-hybridized carbons (Fsp3) is 0.250. The van der Waals surface area contributed by atoms with Crippen molar-refractivity contribution in [2.24, 2.45) is 0 Å². The fourth-order valence-corrected chi connectivity index (χ4v) is 2.74. The topological polar surface area (TPSA) is 0 Å². The molecule has 0 N–H and O–H groups in total. The van der Waals surface area contributed by atoms with Gasteiger partial charge < -0.3 is 0 Å². The largest absolute Gasteiger partial charge is 0.0622 e. The molecule has 16 heavy (non-hydrogen) atoms. The first kappa shape index (κ1) is 9.65. The van der Waals surface area contributed by atoms with Crippen molar-refractivity contribution in [3.05, 3.63) is 71.8 Å². The van der Waals surface area contributed by atoms with Crippen LogP contribution in [0.4, 0.5) is 0 Å². The van der Waals surface area contributed by atoms with Crippen molar-refractivity contribution in [1.29, 1.82) is 0 Å². The maximum atomic E-state index is 3.10. The number of hydrogen-bond donors (Lipinski definition) is 0. The minimum atomic E-state index is 0.288. The lowest BCUT2D eigenvalue weighted by molar-refractivity contribution is 0.301. The summed E-state index contributed by atoms with van der Waals surface area (Å²) in [6.45, 7) is 0. The Morgan fingerprint density at radius 2 is 1.44 bits per heavy atom. The van der Waals surface area contributed by atoms with Crippen LogP contribution in [0.25, 0.3) is 0 Å². The molecular formula is C16H15. The molecule has 1 aliphatic carbocycles. The number of rotatable bonds is 2. The molecule has 0 heterocycles. The van der Waals surface area contributed by atoms with E-state index in [0.717, 1.165) is 0 Å². The van der Waals surface area contributed by atoms with E-state index < -0.39 is 0 Å². The van der Waals surface area contributed by atoms with Crippen LogP contribution in [0.15, 0.2) is 54.6 Å². The molecule has 0 amide bonds. The third kappa shape index (κ3) is 1.37. The highest BCUT2D eigenvalue weighted by Crippen LogP contribution is 2.48. The minimum absolute atomic E-state index is 0.288. The third-order valence-corrected chi connectivity index (χ3v) is 3.80. The summed E-state index contributed by atoms with van der Waals surface area (Å²) in [6, 6.07) is 22.5. The average Bonchev–Trinajstić information content (AvgIpc) is 2.31. The van der Waals surface area contributed by atoms with Crippen molar-refractivity contribution in [2.75, 3.05) is 0 Å². The van der Waals surface area contributed by atoms with Gasteiger partial charge in [0.05, 0.1) is 0 Å². The molecule has 1 aliphatic rings. The number of hydrogen-bond acceptors (Lipinski definition) is 0.